The number of aliphatic hydroxyl groups is 1. The summed E-state index contributed by atoms with van der Waals surface area (Å²) in [5, 5.41) is 13.1. The van der Waals surface area contributed by atoms with Gasteiger partial charge in [0.15, 0.2) is 0 Å². The van der Waals surface area contributed by atoms with Crippen LogP contribution in [-0.2, 0) is 6.54 Å². The lowest BCUT2D eigenvalue weighted by atomic mass is 10.1. The summed E-state index contributed by atoms with van der Waals surface area (Å²) >= 11 is 0. The lowest BCUT2D eigenvalue weighted by molar-refractivity contribution is 0.0552. The van der Waals surface area contributed by atoms with Gasteiger partial charge >= 0.3 is 0 Å². The smallest absolute Gasteiger partial charge is 0.124 e. The van der Waals surface area contributed by atoms with Crippen LogP contribution in [0.25, 0.3) is 0 Å². The molecule has 0 atom stereocenters. The molecule has 114 valence electrons. The van der Waals surface area contributed by atoms with E-state index in [4.69, 9.17) is 9.47 Å². The van der Waals surface area contributed by atoms with Gasteiger partial charge in [-0.2, -0.15) is 0 Å². The van der Waals surface area contributed by atoms with E-state index in [1.807, 2.05) is 18.2 Å². The Labute approximate surface area is 122 Å². The number of hydrogen-bond acceptors (Lipinski definition) is 4. The Hall–Kier alpha value is -1.26. The van der Waals surface area contributed by atoms with Crippen LogP contribution in [0.5, 0.6) is 11.5 Å². The molecule has 0 unspecified atom stereocenters. The van der Waals surface area contributed by atoms with Gasteiger partial charge < -0.3 is 19.9 Å². The lowest BCUT2D eigenvalue weighted by Crippen LogP contribution is -2.23. The molecule has 2 N–H and O–H groups in total. The quantitative estimate of drug-likeness (QED) is 0.769. The van der Waals surface area contributed by atoms with Crippen molar-refractivity contribution >= 4 is 0 Å². The zero-order valence-corrected chi connectivity index (χ0v) is 13.2. The molecule has 0 heterocycles. The highest BCUT2D eigenvalue weighted by Gasteiger charge is 2.13. The van der Waals surface area contributed by atoms with Crippen molar-refractivity contribution in [3.63, 3.8) is 0 Å². The highest BCUT2D eigenvalue weighted by molar-refractivity contribution is 5.40. The molecule has 0 spiro atoms. The van der Waals surface area contributed by atoms with Crippen molar-refractivity contribution in [1.29, 1.82) is 0 Å². The number of benzene rings is 1. The highest BCUT2D eigenvalue weighted by atomic mass is 16.5. The Bertz CT molecular complexity index is 411. The van der Waals surface area contributed by atoms with Crippen molar-refractivity contribution in [3.05, 3.63) is 23.8 Å². The molecule has 0 fully saturated rings. The van der Waals surface area contributed by atoms with Crippen LogP contribution in [0, 0.1) is 0 Å². The summed E-state index contributed by atoms with van der Waals surface area (Å²) < 4.78 is 11.0. The molecule has 0 aliphatic heterocycles. The third-order valence-corrected chi connectivity index (χ3v) is 2.94. The molecule has 0 aliphatic carbocycles. The van der Waals surface area contributed by atoms with Crippen LogP contribution in [0.4, 0.5) is 0 Å². The van der Waals surface area contributed by atoms with Gasteiger partial charge in [-0.15, -0.1) is 0 Å². The summed E-state index contributed by atoms with van der Waals surface area (Å²) in [6.07, 6.45) is 0.593. The highest BCUT2D eigenvalue weighted by Crippen LogP contribution is 2.25. The standard InChI is InChI=1S/C16H27NO3/c1-12(2)17-11-13-10-14(19-5)6-7-15(13)20-9-8-16(3,4)18/h6-7,10,12,17-18H,8-9,11H2,1-5H3. The summed E-state index contributed by atoms with van der Waals surface area (Å²) in [4.78, 5) is 0. The monoisotopic (exact) mass is 281 g/mol. The number of rotatable bonds is 8. The first kappa shape index (κ1) is 16.8. The first-order chi connectivity index (χ1) is 9.31. The molecule has 4 nitrogen and oxygen atoms in total. The van der Waals surface area contributed by atoms with Gasteiger partial charge in [-0.05, 0) is 32.0 Å². The van der Waals surface area contributed by atoms with Gasteiger partial charge in [0, 0.05) is 24.6 Å². The van der Waals surface area contributed by atoms with Gasteiger partial charge in [-0.3, -0.25) is 0 Å². The molecule has 0 aliphatic rings. The third kappa shape index (κ3) is 6.26. The molecule has 1 aromatic carbocycles. The van der Waals surface area contributed by atoms with Crippen LogP contribution in [0.15, 0.2) is 18.2 Å². The Balaban J connectivity index is 2.72. The predicted molar refractivity (Wildman–Crippen MR) is 81.4 cm³/mol. The topological polar surface area (TPSA) is 50.7 Å². The largest absolute Gasteiger partial charge is 0.497 e. The number of ether oxygens (including phenoxy) is 2. The van der Waals surface area contributed by atoms with Crippen molar-refractivity contribution in [2.75, 3.05) is 13.7 Å². The van der Waals surface area contributed by atoms with Gasteiger partial charge in [0.1, 0.15) is 11.5 Å². The van der Waals surface area contributed by atoms with Crippen molar-refractivity contribution < 1.29 is 14.6 Å². The Morgan fingerprint density at radius 1 is 1.30 bits per heavy atom. The van der Waals surface area contributed by atoms with E-state index in [1.54, 1.807) is 21.0 Å². The molecular weight excluding hydrogens is 254 g/mol. The van der Waals surface area contributed by atoms with E-state index in [9.17, 15) is 5.11 Å². The average Bonchev–Trinajstić information content (AvgIpc) is 2.35. The molecule has 0 saturated carbocycles. The molecule has 0 amide bonds. The summed E-state index contributed by atoms with van der Waals surface area (Å²) in [6, 6.07) is 6.19. The molecule has 0 radical (unpaired) electrons. The van der Waals surface area contributed by atoms with Crippen molar-refractivity contribution in [2.45, 2.75) is 52.3 Å². The SMILES string of the molecule is COc1ccc(OCCC(C)(C)O)c(CNC(C)C)c1. The van der Waals surface area contributed by atoms with E-state index in [-0.39, 0.29) is 0 Å². The number of methoxy groups -OCH3 is 1. The second kappa shape index (κ2) is 7.50. The second-order valence-electron chi connectivity index (χ2n) is 5.92. The Kier molecular flexibility index (Phi) is 6.30. The van der Waals surface area contributed by atoms with Crippen LogP contribution < -0.4 is 14.8 Å². The molecule has 0 bridgehead atoms. The van der Waals surface area contributed by atoms with Crippen LogP contribution in [0.2, 0.25) is 0 Å². The van der Waals surface area contributed by atoms with E-state index in [1.165, 1.54) is 0 Å². The van der Waals surface area contributed by atoms with Gasteiger partial charge in [0.05, 0.1) is 19.3 Å². The molecule has 20 heavy (non-hydrogen) atoms. The van der Waals surface area contributed by atoms with Gasteiger partial charge in [-0.25, -0.2) is 0 Å². The molecule has 1 aromatic rings. The predicted octanol–water partition coefficient (Wildman–Crippen LogP) is 2.73. The number of nitrogens with one attached hydrogen (secondary N) is 1. The van der Waals surface area contributed by atoms with Gasteiger partial charge in [0.25, 0.3) is 0 Å². The fourth-order valence-electron chi connectivity index (χ4n) is 1.69. The number of hydrogen-bond donors (Lipinski definition) is 2. The molecule has 0 aromatic heterocycles. The summed E-state index contributed by atoms with van der Waals surface area (Å²) in [6.45, 7) is 9.00. The van der Waals surface area contributed by atoms with E-state index >= 15 is 0 Å². The molecular formula is C16H27NO3. The first-order valence-electron chi connectivity index (χ1n) is 7.07. The van der Waals surface area contributed by atoms with Gasteiger partial charge in [0.2, 0.25) is 0 Å². The van der Waals surface area contributed by atoms with Crippen molar-refractivity contribution in [3.8, 4) is 11.5 Å². The fourth-order valence-corrected chi connectivity index (χ4v) is 1.69. The van der Waals surface area contributed by atoms with E-state index in [0.29, 0.717) is 19.1 Å². The van der Waals surface area contributed by atoms with Gasteiger partial charge in [-0.1, -0.05) is 13.8 Å². The minimum absolute atomic E-state index is 0.408. The summed E-state index contributed by atoms with van der Waals surface area (Å²) in [5.41, 5.74) is 0.358. The van der Waals surface area contributed by atoms with E-state index in [2.05, 4.69) is 19.2 Å². The lowest BCUT2D eigenvalue weighted by Gasteiger charge is -2.19. The maximum atomic E-state index is 9.71. The second-order valence-corrected chi connectivity index (χ2v) is 5.92. The zero-order chi connectivity index (χ0) is 15.2. The Morgan fingerprint density at radius 3 is 2.55 bits per heavy atom. The Morgan fingerprint density at radius 2 is 2.00 bits per heavy atom. The van der Waals surface area contributed by atoms with E-state index in [0.717, 1.165) is 23.6 Å². The maximum Gasteiger partial charge on any atom is 0.124 e. The normalized spacial score (nSPS) is 11.8. The molecule has 1 rings (SSSR count). The fraction of sp³-hybridized carbons (Fsp3) is 0.625. The third-order valence-electron chi connectivity index (χ3n) is 2.94. The van der Waals surface area contributed by atoms with Crippen molar-refractivity contribution in [2.24, 2.45) is 0 Å². The minimum atomic E-state index is -0.706. The van der Waals surface area contributed by atoms with Crippen LogP contribution in [-0.4, -0.2) is 30.5 Å². The van der Waals surface area contributed by atoms with Crippen LogP contribution in [0.1, 0.15) is 39.7 Å². The summed E-state index contributed by atoms with van der Waals surface area (Å²) in [7, 11) is 1.66. The van der Waals surface area contributed by atoms with Crippen LogP contribution in [0.3, 0.4) is 0 Å². The summed E-state index contributed by atoms with van der Waals surface area (Å²) in [5.74, 6) is 1.66. The average molecular weight is 281 g/mol. The maximum absolute atomic E-state index is 9.71. The minimum Gasteiger partial charge on any atom is -0.497 e. The first-order valence-corrected chi connectivity index (χ1v) is 7.07. The van der Waals surface area contributed by atoms with Crippen molar-refractivity contribution in [1.82, 2.24) is 5.32 Å². The van der Waals surface area contributed by atoms with Crippen LogP contribution >= 0.6 is 0 Å². The van der Waals surface area contributed by atoms with E-state index < -0.39 is 5.60 Å². The molecule has 4 heteroatoms. The zero-order valence-electron chi connectivity index (χ0n) is 13.2. The molecule has 0 saturated heterocycles.